The van der Waals surface area contributed by atoms with Gasteiger partial charge in [0.1, 0.15) is 0 Å². The number of benzene rings is 1. The lowest BCUT2D eigenvalue weighted by Crippen LogP contribution is -2.06. The number of rotatable bonds is 3. The van der Waals surface area contributed by atoms with E-state index in [9.17, 15) is 4.79 Å². The smallest absolute Gasteiger partial charge is 0.309 e. The molecule has 0 heterocycles. The number of esters is 1. The molecule has 14 heavy (non-hydrogen) atoms. The maximum Gasteiger partial charge on any atom is 0.309 e. The van der Waals surface area contributed by atoms with Crippen molar-refractivity contribution in [3.05, 3.63) is 41.5 Å². The number of hydrogen-bond donors (Lipinski definition) is 0. The zero-order valence-electron chi connectivity index (χ0n) is 8.54. The lowest BCUT2D eigenvalue weighted by molar-refractivity contribution is -0.139. The minimum atomic E-state index is -0.214. The summed E-state index contributed by atoms with van der Waals surface area (Å²) in [6.07, 6.45) is 2.11. The van der Waals surface area contributed by atoms with E-state index in [2.05, 4.69) is 11.3 Å². The van der Waals surface area contributed by atoms with Crippen LogP contribution in [0.1, 0.15) is 16.7 Å². The quantitative estimate of drug-likeness (QED) is 0.684. The maximum atomic E-state index is 11.1. The van der Waals surface area contributed by atoms with Crippen LogP contribution in [-0.2, 0) is 16.0 Å². The van der Waals surface area contributed by atoms with Crippen molar-refractivity contribution in [2.75, 3.05) is 7.11 Å². The summed E-state index contributed by atoms with van der Waals surface area (Å²) in [5.74, 6) is -0.214. The fourth-order valence-electron chi connectivity index (χ4n) is 1.34. The third-order valence-electron chi connectivity index (χ3n) is 2.27. The van der Waals surface area contributed by atoms with Gasteiger partial charge in [-0.05, 0) is 23.6 Å². The molecule has 0 bridgehead atoms. The van der Waals surface area contributed by atoms with Gasteiger partial charge in [0.15, 0.2) is 0 Å². The van der Waals surface area contributed by atoms with E-state index < -0.39 is 0 Å². The second-order valence-electron chi connectivity index (χ2n) is 3.09. The van der Waals surface area contributed by atoms with Gasteiger partial charge in [0, 0.05) is 0 Å². The van der Waals surface area contributed by atoms with E-state index in [1.807, 2.05) is 25.1 Å². The summed E-state index contributed by atoms with van der Waals surface area (Å²) < 4.78 is 4.62. The van der Waals surface area contributed by atoms with Crippen molar-refractivity contribution < 1.29 is 9.53 Å². The maximum absolute atomic E-state index is 11.1. The zero-order valence-corrected chi connectivity index (χ0v) is 8.54. The molecule has 0 aliphatic carbocycles. The minimum absolute atomic E-state index is 0.214. The molecule has 0 N–H and O–H groups in total. The van der Waals surface area contributed by atoms with Crippen LogP contribution in [0.4, 0.5) is 0 Å². The summed E-state index contributed by atoms with van der Waals surface area (Å²) in [6, 6.07) is 5.82. The largest absolute Gasteiger partial charge is 0.469 e. The topological polar surface area (TPSA) is 26.3 Å². The molecule has 0 radical (unpaired) electrons. The Hall–Kier alpha value is -1.57. The van der Waals surface area contributed by atoms with E-state index in [1.54, 1.807) is 6.08 Å². The average molecular weight is 190 g/mol. The molecule has 0 saturated carbocycles. The van der Waals surface area contributed by atoms with Crippen molar-refractivity contribution in [2.45, 2.75) is 13.3 Å². The highest BCUT2D eigenvalue weighted by atomic mass is 16.5. The van der Waals surface area contributed by atoms with E-state index in [0.29, 0.717) is 6.42 Å². The van der Waals surface area contributed by atoms with E-state index in [0.717, 1.165) is 16.7 Å². The Balaban J connectivity index is 2.97. The van der Waals surface area contributed by atoms with Crippen LogP contribution in [0.5, 0.6) is 0 Å². The van der Waals surface area contributed by atoms with Gasteiger partial charge >= 0.3 is 5.97 Å². The summed E-state index contributed by atoms with van der Waals surface area (Å²) in [6.45, 7) is 5.70. The van der Waals surface area contributed by atoms with Crippen LogP contribution < -0.4 is 0 Å². The standard InChI is InChI=1S/C12H14O2/c1-4-10-6-5-7-11(9(10)2)8-12(13)14-3/h4-7H,1,8H2,2-3H3. The number of ether oxygens (including phenoxy) is 1. The van der Waals surface area contributed by atoms with Crippen molar-refractivity contribution in [2.24, 2.45) is 0 Å². The SMILES string of the molecule is C=Cc1cccc(CC(=O)OC)c1C. The first-order chi connectivity index (χ1) is 6.69. The monoisotopic (exact) mass is 190 g/mol. The van der Waals surface area contributed by atoms with Gasteiger partial charge in [0.05, 0.1) is 13.5 Å². The summed E-state index contributed by atoms with van der Waals surface area (Å²) in [5, 5.41) is 0. The zero-order chi connectivity index (χ0) is 10.6. The molecular weight excluding hydrogens is 176 g/mol. The third kappa shape index (κ3) is 2.22. The van der Waals surface area contributed by atoms with E-state index in [1.165, 1.54) is 7.11 Å². The summed E-state index contributed by atoms with van der Waals surface area (Å²) in [4.78, 5) is 11.1. The van der Waals surface area contributed by atoms with Crippen LogP contribution in [0.3, 0.4) is 0 Å². The summed E-state index contributed by atoms with van der Waals surface area (Å²) in [7, 11) is 1.40. The molecule has 0 amide bonds. The molecule has 1 aromatic rings. The highest BCUT2D eigenvalue weighted by Crippen LogP contribution is 2.15. The van der Waals surface area contributed by atoms with E-state index in [-0.39, 0.29) is 5.97 Å². The van der Waals surface area contributed by atoms with Gasteiger partial charge in [-0.3, -0.25) is 4.79 Å². The van der Waals surface area contributed by atoms with Crippen LogP contribution in [0.2, 0.25) is 0 Å². The summed E-state index contributed by atoms with van der Waals surface area (Å²) in [5.41, 5.74) is 3.15. The van der Waals surface area contributed by atoms with Crippen LogP contribution in [-0.4, -0.2) is 13.1 Å². The number of carbonyl (C=O) groups excluding carboxylic acids is 1. The van der Waals surface area contributed by atoms with Gasteiger partial charge < -0.3 is 4.74 Å². The molecule has 74 valence electrons. The minimum Gasteiger partial charge on any atom is -0.469 e. The molecule has 1 rings (SSSR count). The second kappa shape index (κ2) is 4.61. The molecule has 0 aliphatic rings. The molecule has 0 unspecified atom stereocenters. The molecule has 0 fully saturated rings. The predicted molar refractivity (Wildman–Crippen MR) is 57.0 cm³/mol. The first kappa shape index (κ1) is 10.5. The molecule has 1 aromatic carbocycles. The third-order valence-corrected chi connectivity index (χ3v) is 2.27. The second-order valence-corrected chi connectivity index (χ2v) is 3.09. The molecule has 0 atom stereocenters. The summed E-state index contributed by atoms with van der Waals surface area (Å²) >= 11 is 0. The highest BCUT2D eigenvalue weighted by Gasteiger charge is 2.06. The average Bonchev–Trinajstić information content (AvgIpc) is 2.21. The van der Waals surface area contributed by atoms with Gasteiger partial charge in [-0.15, -0.1) is 0 Å². The Morgan fingerprint density at radius 2 is 2.29 bits per heavy atom. The fourth-order valence-corrected chi connectivity index (χ4v) is 1.34. The Labute approximate surface area is 84.2 Å². The number of hydrogen-bond acceptors (Lipinski definition) is 2. The van der Waals surface area contributed by atoms with Crippen LogP contribution >= 0.6 is 0 Å². The normalized spacial score (nSPS) is 9.57. The Kier molecular flexibility index (Phi) is 3.46. The predicted octanol–water partition coefficient (Wildman–Crippen LogP) is 2.35. The van der Waals surface area contributed by atoms with Gasteiger partial charge in [-0.2, -0.15) is 0 Å². The molecule has 2 nitrogen and oxygen atoms in total. The van der Waals surface area contributed by atoms with Crippen molar-refractivity contribution in [1.82, 2.24) is 0 Å². The van der Waals surface area contributed by atoms with Gasteiger partial charge in [-0.1, -0.05) is 30.9 Å². The van der Waals surface area contributed by atoms with Crippen molar-refractivity contribution >= 4 is 12.0 Å². The molecule has 0 saturated heterocycles. The molecule has 0 spiro atoms. The first-order valence-electron chi connectivity index (χ1n) is 4.46. The Bertz CT molecular complexity index is 353. The number of carbonyl (C=O) groups is 1. The lowest BCUT2D eigenvalue weighted by atomic mass is 10.0. The molecular formula is C12H14O2. The molecule has 0 aromatic heterocycles. The van der Waals surface area contributed by atoms with E-state index >= 15 is 0 Å². The van der Waals surface area contributed by atoms with Gasteiger partial charge in [0.25, 0.3) is 0 Å². The van der Waals surface area contributed by atoms with Gasteiger partial charge in [0.2, 0.25) is 0 Å². The van der Waals surface area contributed by atoms with Crippen molar-refractivity contribution in [1.29, 1.82) is 0 Å². The van der Waals surface area contributed by atoms with Gasteiger partial charge in [-0.25, -0.2) is 0 Å². The van der Waals surface area contributed by atoms with Crippen molar-refractivity contribution in [3.63, 3.8) is 0 Å². The molecule has 2 heteroatoms. The molecule has 0 aliphatic heterocycles. The lowest BCUT2D eigenvalue weighted by Gasteiger charge is -2.07. The fraction of sp³-hybridized carbons (Fsp3) is 0.250. The van der Waals surface area contributed by atoms with Crippen molar-refractivity contribution in [3.8, 4) is 0 Å². The Morgan fingerprint density at radius 1 is 1.57 bits per heavy atom. The first-order valence-corrected chi connectivity index (χ1v) is 4.46. The van der Waals surface area contributed by atoms with Crippen LogP contribution in [0.25, 0.3) is 6.08 Å². The van der Waals surface area contributed by atoms with E-state index in [4.69, 9.17) is 0 Å². The van der Waals surface area contributed by atoms with Crippen LogP contribution in [0, 0.1) is 6.92 Å². The highest BCUT2D eigenvalue weighted by molar-refractivity contribution is 5.73. The van der Waals surface area contributed by atoms with Crippen LogP contribution in [0.15, 0.2) is 24.8 Å². The Morgan fingerprint density at radius 3 is 2.86 bits per heavy atom. The number of methoxy groups -OCH3 is 1.